The molecule has 0 bridgehead atoms. The highest BCUT2D eigenvalue weighted by Gasteiger charge is 2.60. The Morgan fingerprint density at radius 1 is 0.811 bits per heavy atom. The molecule has 2 fully saturated rings. The van der Waals surface area contributed by atoms with Crippen molar-refractivity contribution in [3.8, 4) is 23.0 Å². The van der Waals surface area contributed by atoms with Crippen LogP contribution in [0.5, 0.6) is 23.0 Å². The summed E-state index contributed by atoms with van der Waals surface area (Å²) in [6.07, 6.45) is 5.69. The topological polar surface area (TPSA) is 229 Å². The average molecular weight is 1250 g/mol. The highest BCUT2D eigenvalue weighted by molar-refractivity contribution is 6.74. The van der Waals surface area contributed by atoms with Gasteiger partial charge in [-0.25, -0.2) is 14.5 Å². The number of esters is 1. The summed E-state index contributed by atoms with van der Waals surface area (Å²) in [7, 11) is -1.22. The molecular weight excluding hydrogens is 1170 g/mol. The van der Waals surface area contributed by atoms with E-state index in [1.165, 1.54) is 29.1 Å². The molecule has 5 amide bonds. The van der Waals surface area contributed by atoms with Gasteiger partial charge >= 0.3 is 18.2 Å². The number of phenolic OH excluding ortho intramolecular Hbond substituents is 1. The van der Waals surface area contributed by atoms with Crippen molar-refractivity contribution in [3.05, 3.63) is 138 Å². The first-order valence-electron chi connectivity index (χ1n) is 30.9. The van der Waals surface area contributed by atoms with Crippen LogP contribution in [0.3, 0.4) is 0 Å². The number of aromatic hydroxyl groups is 1. The molecule has 0 radical (unpaired) electrons. The Bertz CT molecular complexity index is 3440. The molecule has 21 heteroatoms. The monoisotopic (exact) mass is 1250 g/mol. The van der Waals surface area contributed by atoms with Gasteiger partial charge in [-0.2, -0.15) is 0 Å². The number of carbonyl (C=O) groups is 7. The summed E-state index contributed by atoms with van der Waals surface area (Å²) in [5.41, 5.74) is 4.74. The Kier molecular flexibility index (Phi) is 20.1. The van der Waals surface area contributed by atoms with E-state index in [0.717, 1.165) is 24.0 Å². The van der Waals surface area contributed by atoms with Crippen LogP contribution < -0.4 is 29.3 Å². The number of hydrogen-bond donors (Lipinski definition) is 2. The molecule has 0 aromatic heterocycles. The Balaban J connectivity index is 0.923. The van der Waals surface area contributed by atoms with Crippen LogP contribution in [0.4, 0.5) is 21.0 Å². The molecule has 4 aromatic carbocycles. The van der Waals surface area contributed by atoms with E-state index >= 15 is 9.59 Å². The van der Waals surface area contributed by atoms with Crippen molar-refractivity contribution in [1.29, 1.82) is 0 Å². The minimum absolute atomic E-state index is 0.0162. The van der Waals surface area contributed by atoms with Crippen LogP contribution in [0.15, 0.2) is 104 Å². The second-order valence-corrected chi connectivity index (χ2v) is 30.8. The summed E-state index contributed by atoms with van der Waals surface area (Å²) < 4.78 is 42.9. The first kappa shape index (κ1) is 66.0. The van der Waals surface area contributed by atoms with Gasteiger partial charge in [0.1, 0.15) is 31.3 Å². The lowest BCUT2D eigenvalue weighted by atomic mass is 9.91. The number of hydrogen-bond acceptors (Lipinski definition) is 15. The van der Waals surface area contributed by atoms with Crippen LogP contribution in [0.1, 0.15) is 123 Å². The molecule has 4 aromatic rings. The zero-order valence-electron chi connectivity index (χ0n) is 53.4. The largest absolute Gasteiger partial charge is 0.508 e. The van der Waals surface area contributed by atoms with E-state index in [9.17, 15) is 29.1 Å². The fourth-order valence-electron chi connectivity index (χ4n) is 11.7. The average Bonchev–Trinajstić information content (AvgIpc) is 1.57. The molecule has 9 rings (SSSR count). The molecule has 480 valence electrons. The number of anilines is 2. The Morgan fingerprint density at radius 2 is 1.46 bits per heavy atom. The second kappa shape index (κ2) is 27.3. The summed E-state index contributed by atoms with van der Waals surface area (Å²) in [5.74, 6) is -1.50. The number of rotatable bonds is 24. The smallest absolute Gasteiger partial charge is 0.416 e. The molecule has 90 heavy (non-hydrogen) atoms. The van der Waals surface area contributed by atoms with E-state index < -0.39 is 62.7 Å². The fraction of sp³-hybridized carbons (Fsp3) is 0.464. The van der Waals surface area contributed by atoms with E-state index in [2.05, 4.69) is 52.3 Å². The molecule has 5 atom stereocenters. The van der Waals surface area contributed by atoms with Gasteiger partial charge in [0.25, 0.3) is 11.8 Å². The maximum atomic E-state index is 15.2. The number of Topliss-reactive ketones (excluding diaryl/α,β-unsaturated/α-hetero) is 1. The molecule has 20 nitrogen and oxygen atoms in total. The molecule has 1 spiro atoms. The van der Waals surface area contributed by atoms with E-state index in [1.807, 2.05) is 25.7 Å². The van der Waals surface area contributed by atoms with Gasteiger partial charge in [0.2, 0.25) is 5.91 Å². The van der Waals surface area contributed by atoms with Crippen molar-refractivity contribution in [2.75, 3.05) is 56.4 Å². The van der Waals surface area contributed by atoms with E-state index in [4.69, 9.17) is 32.8 Å². The number of aryl methyl sites for hydroxylation is 1. The summed E-state index contributed by atoms with van der Waals surface area (Å²) in [5, 5.41) is 12.4. The number of carbonyl (C=O) groups excluding carboxylic acids is 7. The number of methoxy groups -OCH3 is 1. The van der Waals surface area contributed by atoms with Crippen molar-refractivity contribution in [2.45, 2.75) is 143 Å². The van der Waals surface area contributed by atoms with Gasteiger partial charge < -0.3 is 53.1 Å². The van der Waals surface area contributed by atoms with Gasteiger partial charge in [0.05, 0.1) is 79.8 Å². The number of fused-ring (bicyclic) bond motifs is 4. The van der Waals surface area contributed by atoms with Gasteiger partial charge in [0.15, 0.2) is 31.8 Å². The summed E-state index contributed by atoms with van der Waals surface area (Å²) in [6.45, 7) is 25.8. The third kappa shape index (κ3) is 14.6. The number of amides is 5. The SMILES string of the molecule is C=CCOC(=O)C[C@H](C(=O)N[C@@H](C)C(=O)Cc1ccc(COC(=O)N2c3cc(OCCCOc4cc5c(cc4OC)C(=O)N4C=C(c6ccc(O)cc6)C[C@H]4CN5C(=O)OCC=C)c(C)cc3C(=O)N3CC4(CC4)C[C@H]3C2O[Si](C)(C)C(C)(C)C)cc1)C(C)C. The van der Waals surface area contributed by atoms with Crippen molar-refractivity contribution in [1.82, 2.24) is 15.1 Å². The maximum absolute atomic E-state index is 15.2. The predicted octanol–water partition coefficient (Wildman–Crippen LogP) is 11.5. The normalized spacial score (nSPS) is 18.8. The first-order valence-corrected chi connectivity index (χ1v) is 33.8. The van der Waals surface area contributed by atoms with Gasteiger partial charge in [-0.15, -0.1) is 0 Å². The van der Waals surface area contributed by atoms with Gasteiger partial charge in [0, 0.05) is 37.7 Å². The third-order valence-corrected chi connectivity index (χ3v) is 22.7. The molecule has 1 unspecified atom stereocenters. The molecule has 2 N–H and O–H groups in total. The van der Waals surface area contributed by atoms with Crippen molar-refractivity contribution in [3.63, 3.8) is 0 Å². The molecule has 1 saturated heterocycles. The minimum atomic E-state index is -2.69. The number of ketones is 1. The number of nitrogens with one attached hydrogen (secondary N) is 1. The summed E-state index contributed by atoms with van der Waals surface area (Å²) in [4.78, 5) is 104. The predicted molar refractivity (Wildman–Crippen MR) is 342 cm³/mol. The molecular formula is C69H85N5O15Si. The van der Waals surface area contributed by atoms with E-state index in [0.29, 0.717) is 59.5 Å². The molecule has 5 aliphatic rings. The Labute approximate surface area is 528 Å². The maximum Gasteiger partial charge on any atom is 0.416 e. The minimum Gasteiger partial charge on any atom is -0.508 e. The number of benzene rings is 4. The van der Waals surface area contributed by atoms with Crippen LogP contribution >= 0.6 is 0 Å². The standard InChI is InChI=1S/C69H85N5O15Si/c1-13-26-86-61(77)34-51(42(3)4)62(78)70-44(6)57(76)31-45-16-18-46(19-17-45)40-88-67(82)74-55-36-58(43(5)30-52(55)64(80)73-41-69(24-25-69)37-56(73)65(74)89-90(11,12)68(7,8)9)84-28-15-29-85-60-35-54-53(33-59(60)83-10)63(79)71-38-48(47-20-22-50(75)23-21-47)32-49(71)39-72(54)66(81)87-27-14-2/h13-14,16-23,30,33,35-36,38,42,44,49,51,56,65,75H,1-2,15,24-29,31-32,34,37,39-41H2,3-12H3,(H,70,78)/t44-,49-,51-,56-,65?/m0/s1. The zero-order valence-corrected chi connectivity index (χ0v) is 54.4. The van der Waals surface area contributed by atoms with Crippen molar-refractivity contribution in [2.24, 2.45) is 17.3 Å². The fourth-order valence-corrected chi connectivity index (χ4v) is 12.9. The van der Waals surface area contributed by atoms with E-state index in [1.54, 1.807) is 90.8 Å². The highest BCUT2D eigenvalue weighted by atomic mass is 28.4. The van der Waals surface area contributed by atoms with Crippen LogP contribution in [0, 0.1) is 24.2 Å². The molecule has 4 heterocycles. The molecule has 4 aliphatic heterocycles. The van der Waals surface area contributed by atoms with Gasteiger partial charge in [-0.3, -0.25) is 28.9 Å². The second-order valence-electron chi connectivity index (χ2n) is 26.1. The van der Waals surface area contributed by atoms with Crippen LogP contribution in [-0.4, -0.2) is 136 Å². The summed E-state index contributed by atoms with van der Waals surface area (Å²) in [6, 6.07) is 18.8. The molecule has 1 saturated carbocycles. The van der Waals surface area contributed by atoms with Crippen LogP contribution in [0.25, 0.3) is 5.57 Å². The highest BCUT2D eigenvalue weighted by Crippen LogP contribution is 2.58. The number of phenols is 1. The zero-order chi connectivity index (χ0) is 65.0. The van der Waals surface area contributed by atoms with Gasteiger partial charge in [-0.1, -0.05) is 96.3 Å². The lowest BCUT2D eigenvalue weighted by Crippen LogP contribution is -2.58. The lowest BCUT2D eigenvalue weighted by Gasteiger charge is -2.44. The van der Waals surface area contributed by atoms with Crippen molar-refractivity contribution < 1.29 is 71.5 Å². The van der Waals surface area contributed by atoms with Gasteiger partial charge in [-0.05, 0) is 121 Å². The Morgan fingerprint density at radius 3 is 2.10 bits per heavy atom. The Hall–Kier alpha value is -8.43. The quantitative estimate of drug-likeness (QED) is 0.0218. The number of ether oxygens (including phenoxy) is 6. The number of nitrogens with zero attached hydrogens (tertiary/aromatic N) is 4. The lowest BCUT2D eigenvalue weighted by molar-refractivity contribution is -0.146. The van der Waals surface area contributed by atoms with Crippen molar-refractivity contribution >= 4 is 66.9 Å². The summed E-state index contributed by atoms with van der Waals surface area (Å²) >= 11 is 0. The third-order valence-electron chi connectivity index (χ3n) is 18.2. The molecule has 1 aliphatic carbocycles. The first-order chi connectivity index (χ1) is 42.7. The van der Waals surface area contributed by atoms with E-state index in [-0.39, 0.29) is 115 Å². The van der Waals surface area contributed by atoms with Crippen LogP contribution in [-0.2, 0) is 46.0 Å². The van der Waals surface area contributed by atoms with Crippen LogP contribution in [0.2, 0.25) is 18.1 Å².